The first-order chi connectivity index (χ1) is 11.1. The van der Waals surface area contributed by atoms with Crippen molar-refractivity contribution < 1.29 is 14.3 Å². The van der Waals surface area contributed by atoms with Gasteiger partial charge >= 0.3 is 5.97 Å². The van der Waals surface area contributed by atoms with Crippen molar-refractivity contribution >= 4 is 23.5 Å². The van der Waals surface area contributed by atoms with Crippen LogP contribution in [0.5, 0.6) is 0 Å². The van der Waals surface area contributed by atoms with Crippen molar-refractivity contribution in [2.45, 2.75) is 70.1 Å². The predicted molar refractivity (Wildman–Crippen MR) is 93.3 cm³/mol. The summed E-state index contributed by atoms with van der Waals surface area (Å²) in [5.74, 6) is -0.681. The van der Waals surface area contributed by atoms with Crippen molar-refractivity contribution in [3.63, 3.8) is 0 Å². The highest BCUT2D eigenvalue weighted by atomic mass is 35.5. The van der Waals surface area contributed by atoms with Gasteiger partial charge in [0.25, 0.3) is 0 Å². The van der Waals surface area contributed by atoms with Gasteiger partial charge in [-0.25, -0.2) is 4.79 Å². The monoisotopic (exact) mass is 341 g/mol. The topological polar surface area (TPSA) is 48.3 Å². The summed E-state index contributed by atoms with van der Waals surface area (Å²) in [6, 6.07) is 3.23. The zero-order valence-electron chi connectivity index (χ0n) is 14.2. The van der Waals surface area contributed by atoms with Crippen molar-refractivity contribution in [2.24, 2.45) is 0 Å². The third-order valence-electron chi connectivity index (χ3n) is 3.93. The quantitative estimate of drug-likeness (QED) is 0.321. The van der Waals surface area contributed by atoms with E-state index in [1.165, 1.54) is 43.8 Å². The van der Waals surface area contributed by atoms with Crippen molar-refractivity contribution in [2.75, 3.05) is 7.11 Å². The Labute approximate surface area is 144 Å². The summed E-state index contributed by atoms with van der Waals surface area (Å²) in [6.45, 7) is 2.21. The Morgan fingerprint density at radius 2 is 1.83 bits per heavy atom. The number of methoxy groups -OCH3 is 1. The second-order valence-electron chi connectivity index (χ2n) is 5.86. The van der Waals surface area contributed by atoms with E-state index >= 15 is 0 Å². The molecule has 1 atom stereocenters. The maximum Gasteiger partial charge on any atom is 0.355 e. The van der Waals surface area contributed by atoms with E-state index in [0.29, 0.717) is 0 Å². The molecule has 0 N–H and O–H groups in total. The summed E-state index contributed by atoms with van der Waals surface area (Å²) >= 11 is 6.27. The van der Waals surface area contributed by atoms with Gasteiger partial charge in [0, 0.05) is 18.0 Å². The van der Waals surface area contributed by atoms with Gasteiger partial charge in [-0.3, -0.25) is 9.36 Å². The van der Waals surface area contributed by atoms with Gasteiger partial charge < -0.3 is 4.74 Å². The lowest BCUT2D eigenvalue weighted by Crippen LogP contribution is -2.20. The van der Waals surface area contributed by atoms with E-state index in [4.69, 9.17) is 11.6 Å². The largest absolute Gasteiger partial charge is 0.464 e. The summed E-state index contributed by atoms with van der Waals surface area (Å²) in [7, 11) is 1.30. The number of unbranched alkanes of at least 4 members (excludes halogenated alkanes) is 6. The molecule has 4 nitrogen and oxygen atoms in total. The van der Waals surface area contributed by atoms with Crippen molar-refractivity contribution in [1.29, 1.82) is 0 Å². The van der Waals surface area contributed by atoms with Gasteiger partial charge in [-0.2, -0.15) is 0 Å². The number of esters is 1. The molecule has 1 aromatic heterocycles. The van der Waals surface area contributed by atoms with Crippen LogP contribution in [0.1, 0.15) is 80.0 Å². The average molecular weight is 342 g/mol. The molecule has 130 valence electrons. The molecule has 1 rings (SSSR count). The van der Waals surface area contributed by atoms with Gasteiger partial charge in [-0.15, -0.1) is 11.6 Å². The number of nitrogens with zero attached hydrogens (tertiary/aromatic N) is 1. The summed E-state index contributed by atoms with van der Waals surface area (Å²) in [5, 5.41) is -0.189. The van der Waals surface area contributed by atoms with E-state index in [1.807, 2.05) is 0 Å². The van der Waals surface area contributed by atoms with Gasteiger partial charge in [-0.1, -0.05) is 51.9 Å². The third-order valence-corrected chi connectivity index (χ3v) is 4.30. The molecule has 1 heterocycles. The Kier molecular flexibility index (Phi) is 9.69. The van der Waals surface area contributed by atoms with E-state index in [9.17, 15) is 9.59 Å². The minimum absolute atomic E-state index is 0.168. The number of rotatable bonds is 11. The third kappa shape index (κ3) is 7.21. The van der Waals surface area contributed by atoms with Crippen LogP contribution in [0.2, 0.25) is 0 Å². The summed E-state index contributed by atoms with van der Waals surface area (Å²) in [6.07, 6.45) is 11.3. The molecule has 0 spiro atoms. The highest BCUT2D eigenvalue weighted by Gasteiger charge is 2.18. The van der Waals surface area contributed by atoms with Crippen LogP contribution < -0.4 is 0 Å². The van der Waals surface area contributed by atoms with Crippen LogP contribution in [0.15, 0.2) is 18.3 Å². The van der Waals surface area contributed by atoms with Crippen LogP contribution in [0.4, 0.5) is 0 Å². The molecule has 1 unspecified atom stereocenters. The SMILES string of the molecule is CCCCCCCCCC(Cl)CC(=O)n1cccc1C(=O)OC. The number of carbonyl (C=O) groups excluding carboxylic acids is 2. The van der Waals surface area contributed by atoms with E-state index in [2.05, 4.69) is 11.7 Å². The Balaban J connectivity index is 2.29. The molecule has 0 saturated carbocycles. The molecule has 0 aliphatic carbocycles. The van der Waals surface area contributed by atoms with Crippen LogP contribution in [0.3, 0.4) is 0 Å². The van der Waals surface area contributed by atoms with Crippen LogP contribution in [-0.2, 0) is 4.74 Å². The van der Waals surface area contributed by atoms with E-state index in [0.717, 1.165) is 19.3 Å². The normalized spacial score (nSPS) is 12.1. The fraction of sp³-hybridized carbons (Fsp3) is 0.667. The molecule has 0 aliphatic heterocycles. The summed E-state index contributed by atoms with van der Waals surface area (Å²) in [4.78, 5) is 23.8. The lowest BCUT2D eigenvalue weighted by molar-refractivity contribution is 0.0580. The first-order valence-corrected chi connectivity index (χ1v) is 8.96. The van der Waals surface area contributed by atoms with E-state index in [1.54, 1.807) is 18.3 Å². The lowest BCUT2D eigenvalue weighted by atomic mass is 10.1. The molecule has 1 aromatic rings. The zero-order valence-corrected chi connectivity index (χ0v) is 15.0. The standard InChI is InChI=1S/C18H28ClNO3/c1-3-4-5-6-7-8-9-11-15(19)14-17(21)20-13-10-12-16(20)18(22)23-2/h10,12-13,15H,3-9,11,14H2,1-2H3. The fourth-order valence-electron chi connectivity index (χ4n) is 2.58. The molecule has 0 saturated heterocycles. The number of carbonyl (C=O) groups is 2. The minimum atomic E-state index is -0.512. The molecule has 5 heteroatoms. The summed E-state index contributed by atoms with van der Waals surface area (Å²) in [5.41, 5.74) is 0.247. The van der Waals surface area contributed by atoms with Crippen LogP contribution in [-0.4, -0.2) is 28.9 Å². The molecule has 0 aliphatic rings. The maximum absolute atomic E-state index is 12.2. The Morgan fingerprint density at radius 1 is 1.17 bits per heavy atom. The number of hydrogen-bond acceptors (Lipinski definition) is 3. The van der Waals surface area contributed by atoms with Gasteiger partial charge in [0.1, 0.15) is 5.69 Å². The predicted octanol–water partition coefficient (Wildman–Crippen LogP) is 5.05. The van der Waals surface area contributed by atoms with Gasteiger partial charge in [-0.05, 0) is 18.6 Å². The number of hydrogen-bond donors (Lipinski definition) is 0. The van der Waals surface area contributed by atoms with Gasteiger partial charge in [0.05, 0.1) is 7.11 Å². The van der Waals surface area contributed by atoms with Crippen LogP contribution in [0.25, 0.3) is 0 Å². The molecular formula is C18H28ClNO3. The van der Waals surface area contributed by atoms with E-state index < -0.39 is 5.97 Å². The highest BCUT2D eigenvalue weighted by molar-refractivity contribution is 6.21. The fourth-order valence-corrected chi connectivity index (χ4v) is 2.87. The molecule has 0 radical (unpaired) electrons. The maximum atomic E-state index is 12.2. The average Bonchev–Trinajstić information content (AvgIpc) is 3.03. The number of halogens is 1. The van der Waals surface area contributed by atoms with Crippen LogP contribution in [0, 0.1) is 0 Å². The lowest BCUT2D eigenvalue weighted by Gasteiger charge is -2.11. The number of ether oxygens (including phenoxy) is 1. The Morgan fingerprint density at radius 3 is 2.48 bits per heavy atom. The van der Waals surface area contributed by atoms with Crippen molar-refractivity contribution in [3.05, 3.63) is 24.0 Å². The molecular weight excluding hydrogens is 314 g/mol. The van der Waals surface area contributed by atoms with Crippen LogP contribution >= 0.6 is 11.6 Å². The van der Waals surface area contributed by atoms with Crippen molar-refractivity contribution in [1.82, 2.24) is 4.57 Å². The minimum Gasteiger partial charge on any atom is -0.464 e. The Bertz CT molecular complexity index is 484. The Hall–Kier alpha value is -1.29. The first kappa shape index (κ1) is 19.8. The molecule has 0 fully saturated rings. The number of alkyl halides is 1. The first-order valence-electron chi connectivity index (χ1n) is 8.53. The van der Waals surface area contributed by atoms with Gasteiger partial charge in [0.2, 0.25) is 5.91 Å². The van der Waals surface area contributed by atoms with Crippen molar-refractivity contribution in [3.8, 4) is 0 Å². The molecule has 0 bridgehead atoms. The highest BCUT2D eigenvalue weighted by Crippen LogP contribution is 2.16. The van der Waals surface area contributed by atoms with Gasteiger partial charge in [0.15, 0.2) is 0 Å². The number of aromatic nitrogens is 1. The zero-order chi connectivity index (χ0) is 17.1. The molecule has 0 aromatic carbocycles. The second-order valence-corrected chi connectivity index (χ2v) is 6.48. The second kappa shape index (κ2) is 11.3. The summed E-state index contributed by atoms with van der Waals surface area (Å²) < 4.78 is 5.99. The smallest absolute Gasteiger partial charge is 0.355 e. The van der Waals surface area contributed by atoms with E-state index in [-0.39, 0.29) is 23.4 Å². The molecule has 0 amide bonds. The molecule has 23 heavy (non-hydrogen) atoms.